The maximum Gasteiger partial charge on any atom is 0.267 e. The number of carbonyl (C=O) groups is 1. The maximum absolute atomic E-state index is 15.0. The van der Waals surface area contributed by atoms with E-state index in [-0.39, 0.29) is 17.7 Å². The van der Waals surface area contributed by atoms with Crippen molar-refractivity contribution in [1.29, 1.82) is 0 Å². The Morgan fingerprint density at radius 3 is 2.66 bits per heavy atom. The van der Waals surface area contributed by atoms with Crippen molar-refractivity contribution < 1.29 is 18.3 Å². The van der Waals surface area contributed by atoms with Gasteiger partial charge >= 0.3 is 0 Å². The van der Waals surface area contributed by atoms with Gasteiger partial charge in [0.25, 0.3) is 5.56 Å². The third-order valence-electron chi connectivity index (χ3n) is 6.06. The molecule has 0 radical (unpaired) electrons. The van der Waals surface area contributed by atoms with Gasteiger partial charge in [0.2, 0.25) is 0 Å². The molecule has 0 bridgehead atoms. The number of H-pyrrole nitrogens is 1. The van der Waals surface area contributed by atoms with Crippen LogP contribution in [0.2, 0.25) is 0 Å². The second kappa shape index (κ2) is 9.27. The van der Waals surface area contributed by atoms with E-state index < -0.39 is 23.0 Å². The average Bonchev–Trinajstić information content (AvgIpc) is 3.53. The van der Waals surface area contributed by atoms with Crippen molar-refractivity contribution in [1.82, 2.24) is 24.7 Å². The quantitative estimate of drug-likeness (QED) is 0.285. The highest BCUT2D eigenvalue weighted by Gasteiger charge is 2.20. The third-order valence-corrected chi connectivity index (χ3v) is 6.88. The van der Waals surface area contributed by atoms with Crippen LogP contribution in [0, 0.1) is 18.6 Å². The van der Waals surface area contributed by atoms with Crippen LogP contribution in [-0.2, 0) is 6.42 Å². The van der Waals surface area contributed by atoms with Crippen LogP contribution in [0.3, 0.4) is 0 Å². The van der Waals surface area contributed by atoms with Gasteiger partial charge in [0, 0.05) is 18.3 Å². The molecular formula is C27H17F2N5O3S. The van der Waals surface area contributed by atoms with Crippen LogP contribution in [-0.4, -0.2) is 30.5 Å². The number of pyridine rings is 2. The summed E-state index contributed by atoms with van der Waals surface area (Å²) in [5.41, 5.74) is 3.32. The number of aromatic amines is 1. The summed E-state index contributed by atoms with van der Waals surface area (Å²) in [6.45, 7) is 1.81. The van der Waals surface area contributed by atoms with E-state index in [1.165, 1.54) is 64.6 Å². The first kappa shape index (κ1) is 23.6. The zero-order valence-electron chi connectivity index (χ0n) is 19.7. The van der Waals surface area contributed by atoms with E-state index in [1.54, 1.807) is 17.6 Å². The van der Waals surface area contributed by atoms with Crippen molar-refractivity contribution in [2.24, 2.45) is 0 Å². The molecule has 2 aromatic carbocycles. The predicted molar refractivity (Wildman–Crippen MR) is 138 cm³/mol. The Kier molecular flexibility index (Phi) is 5.76. The average molecular weight is 530 g/mol. The topological polar surface area (TPSA) is 103 Å². The lowest BCUT2D eigenvalue weighted by Gasteiger charge is -2.11. The predicted octanol–water partition coefficient (Wildman–Crippen LogP) is 5.52. The van der Waals surface area contributed by atoms with Gasteiger partial charge in [-0.1, -0.05) is 6.07 Å². The number of hydrogen-bond donors (Lipinski definition) is 1. The molecule has 0 spiro atoms. The molecule has 0 saturated carbocycles. The maximum atomic E-state index is 15.0. The van der Waals surface area contributed by atoms with Gasteiger partial charge < -0.3 is 4.74 Å². The molecule has 0 aliphatic rings. The van der Waals surface area contributed by atoms with Gasteiger partial charge in [0.15, 0.2) is 23.0 Å². The van der Waals surface area contributed by atoms with E-state index in [2.05, 4.69) is 20.2 Å². The van der Waals surface area contributed by atoms with Crippen molar-refractivity contribution in [3.05, 3.63) is 105 Å². The standard InChI is InChI=1S/C27H17F2N5O3S/c1-14-24-23(8-9-30-25(24)33-32-14)37-22-7-2-15(10-19(22)29)11-21(35)18-12-20-27(38-13-31-20)34(26(18)36)17-5-3-16(28)4-6-17/h2-10,12-13H,11H2,1H3,(H,30,32,33). The number of fused-ring (bicyclic) bond motifs is 2. The number of thiazole rings is 1. The van der Waals surface area contributed by atoms with Gasteiger partial charge in [-0.2, -0.15) is 5.10 Å². The van der Waals surface area contributed by atoms with E-state index in [1.807, 2.05) is 6.92 Å². The first-order valence-electron chi connectivity index (χ1n) is 11.4. The summed E-state index contributed by atoms with van der Waals surface area (Å²) in [4.78, 5) is 35.5. The molecule has 0 aliphatic heterocycles. The van der Waals surface area contributed by atoms with Crippen molar-refractivity contribution >= 4 is 38.5 Å². The van der Waals surface area contributed by atoms with Crippen LogP contribution in [0.4, 0.5) is 8.78 Å². The van der Waals surface area contributed by atoms with Crippen molar-refractivity contribution in [2.75, 3.05) is 0 Å². The number of aryl methyl sites for hydroxylation is 1. The Morgan fingerprint density at radius 2 is 1.87 bits per heavy atom. The van der Waals surface area contributed by atoms with Crippen LogP contribution in [0.1, 0.15) is 21.6 Å². The Balaban J connectivity index is 1.30. The number of nitrogens with zero attached hydrogens (tertiary/aromatic N) is 4. The lowest BCUT2D eigenvalue weighted by atomic mass is 10.0. The molecule has 0 fully saturated rings. The van der Waals surface area contributed by atoms with Gasteiger partial charge in [-0.25, -0.2) is 18.7 Å². The Hall–Kier alpha value is -4.77. The van der Waals surface area contributed by atoms with E-state index in [0.29, 0.717) is 38.4 Å². The Morgan fingerprint density at radius 1 is 1.05 bits per heavy atom. The van der Waals surface area contributed by atoms with Crippen LogP contribution in [0.25, 0.3) is 27.1 Å². The summed E-state index contributed by atoms with van der Waals surface area (Å²) in [6, 6.07) is 12.6. The normalized spacial score (nSPS) is 11.3. The lowest BCUT2D eigenvalue weighted by Crippen LogP contribution is -2.26. The van der Waals surface area contributed by atoms with Gasteiger partial charge in [-0.15, -0.1) is 11.3 Å². The first-order chi connectivity index (χ1) is 18.4. The molecule has 4 aromatic heterocycles. The zero-order valence-corrected chi connectivity index (χ0v) is 20.6. The molecule has 6 aromatic rings. The number of carbonyl (C=O) groups excluding carboxylic acids is 1. The van der Waals surface area contributed by atoms with E-state index in [9.17, 15) is 18.4 Å². The number of benzene rings is 2. The molecule has 4 heterocycles. The number of ketones is 1. The minimum absolute atomic E-state index is 0.0307. The van der Waals surface area contributed by atoms with E-state index >= 15 is 0 Å². The fourth-order valence-corrected chi connectivity index (χ4v) is 5.03. The molecule has 6 rings (SSSR count). The van der Waals surface area contributed by atoms with Crippen LogP contribution < -0.4 is 10.3 Å². The summed E-state index contributed by atoms with van der Waals surface area (Å²) < 4.78 is 35.6. The highest BCUT2D eigenvalue weighted by Crippen LogP contribution is 2.32. The zero-order chi connectivity index (χ0) is 26.4. The van der Waals surface area contributed by atoms with Gasteiger partial charge in [-0.05, 0) is 61.0 Å². The number of hydrogen-bond acceptors (Lipinski definition) is 7. The van der Waals surface area contributed by atoms with Crippen molar-refractivity contribution in [2.45, 2.75) is 13.3 Å². The van der Waals surface area contributed by atoms with Gasteiger partial charge in [-0.3, -0.25) is 19.3 Å². The molecule has 0 unspecified atom stereocenters. The van der Waals surface area contributed by atoms with Crippen LogP contribution in [0.15, 0.2) is 71.1 Å². The van der Waals surface area contributed by atoms with E-state index in [4.69, 9.17) is 4.74 Å². The third kappa shape index (κ3) is 4.12. The van der Waals surface area contributed by atoms with E-state index in [0.717, 1.165) is 5.69 Å². The molecule has 0 atom stereocenters. The summed E-state index contributed by atoms with van der Waals surface area (Å²) in [7, 11) is 0. The lowest BCUT2D eigenvalue weighted by molar-refractivity contribution is 0.0991. The van der Waals surface area contributed by atoms with Crippen LogP contribution in [0.5, 0.6) is 11.5 Å². The highest BCUT2D eigenvalue weighted by atomic mass is 32.1. The molecule has 1 N–H and O–H groups in total. The Bertz CT molecular complexity index is 1910. The minimum Gasteiger partial charge on any atom is -0.453 e. The van der Waals surface area contributed by atoms with Gasteiger partial charge in [0.1, 0.15) is 16.4 Å². The number of rotatable bonds is 6. The number of halogens is 2. The molecule has 11 heteroatoms. The molecule has 0 aliphatic carbocycles. The second-order valence-corrected chi connectivity index (χ2v) is 9.37. The van der Waals surface area contributed by atoms with Gasteiger partial charge in [0.05, 0.1) is 27.7 Å². The second-order valence-electron chi connectivity index (χ2n) is 8.54. The smallest absolute Gasteiger partial charge is 0.267 e. The number of ether oxygens (including phenoxy) is 1. The van der Waals surface area contributed by atoms with Crippen molar-refractivity contribution in [3.8, 4) is 17.2 Å². The molecule has 0 saturated heterocycles. The molecule has 8 nitrogen and oxygen atoms in total. The fraction of sp³-hybridized carbons (Fsp3) is 0.0741. The number of Topliss-reactive ketones (excluding diaryl/α,β-unsaturated/α-hetero) is 1. The molecule has 188 valence electrons. The fourth-order valence-electron chi connectivity index (χ4n) is 4.24. The minimum atomic E-state index is -0.667. The Labute approximate surface area is 217 Å². The largest absolute Gasteiger partial charge is 0.453 e. The highest BCUT2D eigenvalue weighted by molar-refractivity contribution is 7.16. The summed E-state index contributed by atoms with van der Waals surface area (Å²) in [5, 5.41) is 7.54. The summed E-state index contributed by atoms with van der Waals surface area (Å²) in [5.74, 6) is -1.25. The SMILES string of the molecule is Cc1[nH]nc2nccc(Oc3ccc(CC(=O)c4cc5ncsc5n(-c5ccc(F)cc5)c4=O)cc3F)c12. The molecule has 38 heavy (non-hydrogen) atoms. The monoisotopic (exact) mass is 529 g/mol. The summed E-state index contributed by atoms with van der Waals surface area (Å²) >= 11 is 1.23. The number of nitrogens with one attached hydrogen (secondary N) is 1. The number of aromatic nitrogens is 5. The van der Waals surface area contributed by atoms with Crippen molar-refractivity contribution in [3.63, 3.8) is 0 Å². The van der Waals surface area contributed by atoms with Crippen LogP contribution >= 0.6 is 11.3 Å². The molecular weight excluding hydrogens is 512 g/mol. The summed E-state index contributed by atoms with van der Waals surface area (Å²) in [6.07, 6.45) is 1.30. The first-order valence-corrected chi connectivity index (χ1v) is 12.3. The molecule has 0 amide bonds.